The predicted molar refractivity (Wildman–Crippen MR) is 78.2 cm³/mol. The second-order valence-electron chi connectivity index (χ2n) is 4.89. The largest absolute Gasteiger partial charge is 0.490 e. The van der Waals surface area contributed by atoms with E-state index < -0.39 is 6.10 Å². The van der Waals surface area contributed by atoms with Crippen LogP contribution in [-0.4, -0.2) is 11.2 Å². The number of aliphatic hydroxyl groups excluding tert-OH is 1. The molecule has 1 aromatic heterocycles. The zero-order valence-electron chi connectivity index (χ0n) is 10.6. The van der Waals surface area contributed by atoms with E-state index in [0.29, 0.717) is 11.1 Å². The van der Waals surface area contributed by atoms with Crippen molar-refractivity contribution in [1.29, 1.82) is 0 Å². The van der Waals surface area contributed by atoms with Crippen LogP contribution in [0.1, 0.15) is 34.9 Å². The molecule has 1 aliphatic carbocycles. The predicted octanol–water partition coefficient (Wildman–Crippen LogP) is 4.33. The fraction of sp³-hybridized carbons (Fsp3) is 0.333. The Balaban J connectivity index is 1.79. The summed E-state index contributed by atoms with van der Waals surface area (Å²) in [5, 5.41) is 13.0. The van der Waals surface area contributed by atoms with Crippen LogP contribution in [0.2, 0.25) is 5.02 Å². The minimum Gasteiger partial charge on any atom is -0.490 e. The van der Waals surface area contributed by atoms with E-state index in [2.05, 4.69) is 0 Å². The highest BCUT2D eigenvalue weighted by Gasteiger charge is 2.23. The molecule has 100 valence electrons. The van der Waals surface area contributed by atoms with Crippen molar-refractivity contribution in [2.75, 3.05) is 0 Å². The molecule has 2 nitrogen and oxygen atoms in total. The topological polar surface area (TPSA) is 29.5 Å². The van der Waals surface area contributed by atoms with Gasteiger partial charge in [-0.25, -0.2) is 0 Å². The van der Waals surface area contributed by atoms with E-state index in [0.717, 1.165) is 34.6 Å². The number of halogens is 1. The fourth-order valence-corrected chi connectivity index (χ4v) is 3.20. The van der Waals surface area contributed by atoms with E-state index in [-0.39, 0.29) is 0 Å². The van der Waals surface area contributed by atoms with E-state index in [1.165, 1.54) is 11.3 Å². The lowest BCUT2D eigenvalue weighted by Crippen LogP contribution is -1.99. The molecule has 0 saturated heterocycles. The molecule has 1 N–H and O–H groups in total. The molecule has 1 saturated carbocycles. The van der Waals surface area contributed by atoms with E-state index >= 15 is 0 Å². The molecule has 0 amide bonds. The first-order valence-electron chi connectivity index (χ1n) is 6.33. The minimum atomic E-state index is -0.666. The molecule has 0 radical (unpaired) electrons. The van der Waals surface area contributed by atoms with Gasteiger partial charge in [-0.2, -0.15) is 0 Å². The number of aliphatic hydroxyl groups is 1. The number of hydrogen-bond acceptors (Lipinski definition) is 3. The first-order chi connectivity index (χ1) is 9.15. The van der Waals surface area contributed by atoms with Crippen molar-refractivity contribution < 1.29 is 9.84 Å². The molecular formula is C15H15ClO2S. The number of thiophene rings is 1. The summed E-state index contributed by atoms with van der Waals surface area (Å²) < 4.78 is 5.69. The lowest BCUT2D eigenvalue weighted by Gasteiger charge is -2.11. The minimum absolute atomic E-state index is 0.394. The Bertz CT molecular complexity index is 572. The summed E-state index contributed by atoms with van der Waals surface area (Å²) >= 11 is 7.68. The fourth-order valence-electron chi connectivity index (χ4n) is 1.89. The van der Waals surface area contributed by atoms with E-state index in [4.69, 9.17) is 16.3 Å². The maximum Gasteiger partial charge on any atom is 0.119 e. The van der Waals surface area contributed by atoms with Crippen molar-refractivity contribution in [2.24, 2.45) is 0 Å². The van der Waals surface area contributed by atoms with Crippen LogP contribution in [0.3, 0.4) is 0 Å². The second kappa shape index (κ2) is 5.16. The molecule has 1 atom stereocenters. The smallest absolute Gasteiger partial charge is 0.119 e. The summed E-state index contributed by atoms with van der Waals surface area (Å²) in [5.74, 6) is 0.868. The first-order valence-corrected chi connectivity index (χ1v) is 7.59. The molecule has 4 heteroatoms. The number of ether oxygens (including phenoxy) is 1. The third kappa shape index (κ3) is 2.78. The van der Waals surface area contributed by atoms with Crippen LogP contribution in [0, 0.1) is 6.92 Å². The van der Waals surface area contributed by atoms with Gasteiger partial charge in [-0.3, -0.25) is 0 Å². The van der Waals surface area contributed by atoms with Crippen LogP contribution in [0.25, 0.3) is 0 Å². The average molecular weight is 295 g/mol. The Morgan fingerprint density at radius 2 is 2.00 bits per heavy atom. The summed E-state index contributed by atoms with van der Waals surface area (Å²) in [7, 11) is 0. The molecule has 19 heavy (non-hydrogen) atoms. The molecule has 0 spiro atoms. The Kier molecular flexibility index (Phi) is 3.52. The second-order valence-corrected chi connectivity index (χ2v) is 6.17. The zero-order valence-corrected chi connectivity index (χ0v) is 12.2. The SMILES string of the molecule is Cc1csc(C(O)c2ccc(OC3CC3)cc2)c1Cl. The number of hydrogen-bond donors (Lipinski definition) is 1. The lowest BCUT2D eigenvalue weighted by atomic mass is 10.1. The van der Waals surface area contributed by atoms with Crippen molar-refractivity contribution in [2.45, 2.75) is 32.0 Å². The highest BCUT2D eigenvalue weighted by atomic mass is 35.5. The van der Waals surface area contributed by atoms with Crippen LogP contribution < -0.4 is 4.74 Å². The van der Waals surface area contributed by atoms with E-state index in [1.54, 1.807) is 0 Å². The van der Waals surface area contributed by atoms with Crippen LogP contribution in [0.15, 0.2) is 29.6 Å². The average Bonchev–Trinajstić information content (AvgIpc) is 3.17. The van der Waals surface area contributed by atoms with Crippen molar-refractivity contribution in [3.05, 3.63) is 50.7 Å². The third-order valence-corrected chi connectivity index (χ3v) is 4.96. The van der Waals surface area contributed by atoms with Crippen molar-refractivity contribution >= 4 is 22.9 Å². The standard InChI is InChI=1S/C15H15ClO2S/c1-9-8-19-15(13(9)16)14(17)10-2-4-11(5-3-10)18-12-6-7-12/h2-5,8,12,14,17H,6-7H2,1H3. The van der Waals surface area contributed by atoms with Gasteiger partial charge in [-0.15, -0.1) is 11.3 Å². The molecule has 1 aliphatic rings. The molecule has 0 aliphatic heterocycles. The number of aryl methyl sites for hydroxylation is 1. The van der Waals surface area contributed by atoms with Gasteiger partial charge in [-0.05, 0) is 48.4 Å². The van der Waals surface area contributed by atoms with Crippen LogP contribution in [0.5, 0.6) is 5.75 Å². The number of benzene rings is 1. The molecule has 2 aromatic rings. The van der Waals surface area contributed by atoms with Gasteiger partial charge in [-0.1, -0.05) is 23.7 Å². The summed E-state index contributed by atoms with van der Waals surface area (Å²) in [4.78, 5) is 0.801. The Morgan fingerprint density at radius 3 is 2.53 bits per heavy atom. The van der Waals surface area contributed by atoms with Crippen LogP contribution in [0.4, 0.5) is 0 Å². The normalized spacial score (nSPS) is 16.4. The highest BCUT2D eigenvalue weighted by molar-refractivity contribution is 7.10. The zero-order chi connectivity index (χ0) is 13.4. The first kappa shape index (κ1) is 13.0. The lowest BCUT2D eigenvalue weighted by molar-refractivity contribution is 0.224. The molecule has 0 bridgehead atoms. The van der Waals surface area contributed by atoms with Gasteiger partial charge >= 0.3 is 0 Å². The molecule has 1 unspecified atom stereocenters. The summed E-state index contributed by atoms with van der Waals surface area (Å²) in [6.45, 7) is 1.95. The maximum atomic E-state index is 10.4. The van der Waals surface area contributed by atoms with Gasteiger partial charge in [0, 0.05) is 0 Å². The quantitative estimate of drug-likeness (QED) is 0.909. The van der Waals surface area contributed by atoms with Crippen molar-refractivity contribution in [3.8, 4) is 5.75 Å². The maximum absolute atomic E-state index is 10.4. The Hall–Kier alpha value is -1.03. The van der Waals surface area contributed by atoms with Gasteiger partial charge in [0.1, 0.15) is 11.9 Å². The van der Waals surface area contributed by atoms with E-state index in [9.17, 15) is 5.11 Å². The molecular weight excluding hydrogens is 280 g/mol. The summed E-state index contributed by atoms with van der Waals surface area (Å²) in [6, 6.07) is 7.61. The van der Waals surface area contributed by atoms with Gasteiger partial charge in [0.2, 0.25) is 0 Å². The van der Waals surface area contributed by atoms with Crippen molar-refractivity contribution in [3.63, 3.8) is 0 Å². The molecule has 3 rings (SSSR count). The summed E-state index contributed by atoms with van der Waals surface area (Å²) in [6.07, 6.45) is 2.02. The number of rotatable bonds is 4. The summed E-state index contributed by atoms with van der Waals surface area (Å²) in [5.41, 5.74) is 1.85. The van der Waals surface area contributed by atoms with Gasteiger partial charge in [0.05, 0.1) is 16.0 Å². The van der Waals surface area contributed by atoms with Gasteiger partial charge in [0.15, 0.2) is 0 Å². The molecule has 1 heterocycles. The highest BCUT2D eigenvalue weighted by Crippen LogP contribution is 2.36. The van der Waals surface area contributed by atoms with Gasteiger partial charge < -0.3 is 9.84 Å². The monoisotopic (exact) mass is 294 g/mol. The molecule has 1 fully saturated rings. The van der Waals surface area contributed by atoms with Gasteiger partial charge in [0.25, 0.3) is 0 Å². The van der Waals surface area contributed by atoms with E-state index in [1.807, 2.05) is 36.6 Å². The third-order valence-electron chi connectivity index (χ3n) is 3.20. The Labute approximate surface area is 121 Å². The Morgan fingerprint density at radius 1 is 1.32 bits per heavy atom. The molecule has 1 aromatic carbocycles. The van der Waals surface area contributed by atoms with Crippen LogP contribution >= 0.6 is 22.9 Å². The van der Waals surface area contributed by atoms with Crippen LogP contribution in [-0.2, 0) is 0 Å². The van der Waals surface area contributed by atoms with Crippen molar-refractivity contribution in [1.82, 2.24) is 0 Å².